The van der Waals surface area contributed by atoms with Crippen molar-refractivity contribution < 1.29 is 0 Å². The van der Waals surface area contributed by atoms with Crippen molar-refractivity contribution in [3.05, 3.63) is 217 Å². The Balaban J connectivity index is 1.06. The van der Waals surface area contributed by atoms with Crippen LogP contribution in [0.5, 0.6) is 0 Å². The Bertz CT molecular complexity index is 2980. The van der Waals surface area contributed by atoms with Crippen LogP contribution in [0.4, 0.5) is 17.1 Å². The normalized spacial score (nSPS) is 12.7. The molecule has 9 aromatic rings. The van der Waals surface area contributed by atoms with E-state index in [4.69, 9.17) is 0 Å². The molecule has 0 N–H and O–H groups in total. The van der Waals surface area contributed by atoms with Crippen molar-refractivity contribution >= 4 is 51.0 Å². The average Bonchev–Trinajstić information content (AvgIpc) is 3.72. The maximum atomic E-state index is 4.04. The summed E-state index contributed by atoms with van der Waals surface area (Å²) in [6.45, 7) is 12.6. The van der Waals surface area contributed by atoms with Crippen molar-refractivity contribution in [2.24, 2.45) is 0 Å². The zero-order chi connectivity index (χ0) is 38.7. The van der Waals surface area contributed by atoms with Crippen molar-refractivity contribution in [3.63, 3.8) is 0 Å². The standard InChI is InChI=1S/C55H42N2/c1-5-37-16-19-39(20-17-37)40-21-26-44(27-22-40)56(46-30-32-48-47-31-18-38(6-2)34-51(47)55(3,4)52(48)36-46)45-28-23-41(24-29-45)42-25-33-54-50(35-42)49-14-10-11-15-53(49)57(54)43-12-8-7-9-13-43/h5-36H,1-2H2,3-4H3. The number of fused-ring (bicyclic) bond motifs is 6. The quantitative estimate of drug-likeness (QED) is 0.151. The molecule has 2 nitrogen and oxygen atoms in total. The van der Waals surface area contributed by atoms with Gasteiger partial charge in [0.15, 0.2) is 0 Å². The summed E-state index contributed by atoms with van der Waals surface area (Å²) in [5.74, 6) is 0. The molecule has 1 heterocycles. The summed E-state index contributed by atoms with van der Waals surface area (Å²) >= 11 is 0. The number of benzene rings is 8. The number of anilines is 3. The molecule has 272 valence electrons. The molecule has 0 spiro atoms. The van der Waals surface area contributed by atoms with E-state index < -0.39 is 0 Å². The van der Waals surface area contributed by atoms with Crippen LogP contribution in [-0.4, -0.2) is 4.57 Å². The zero-order valence-corrected chi connectivity index (χ0v) is 32.3. The molecule has 0 unspecified atom stereocenters. The van der Waals surface area contributed by atoms with E-state index in [9.17, 15) is 0 Å². The van der Waals surface area contributed by atoms with Crippen molar-refractivity contribution in [2.75, 3.05) is 4.90 Å². The third kappa shape index (κ3) is 5.72. The number of nitrogens with zero attached hydrogens (tertiary/aromatic N) is 2. The Kier molecular flexibility index (Phi) is 8.16. The molecule has 0 fully saturated rings. The Labute approximate surface area is 334 Å². The van der Waals surface area contributed by atoms with Gasteiger partial charge in [-0.1, -0.05) is 154 Å². The molecule has 1 aliphatic carbocycles. The lowest BCUT2D eigenvalue weighted by atomic mass is 9.81. The van der Waals surface area contributed by atoms with Gasteiger partial charge in [-0.15, -0.1) is 0 Å². The molecule has 57 heavy (non-hydrogen) atoms. The summed E-state index contributed by atoms with van der Waals surface area (Å²) in [4.78, 5) is 2.39. The molecule has 0 amide bonds. The summed E-state index contributed by atoms with van der Waals surface area (Å²) in [7, 11) is 0. The van der Waals surface area contributed by atoms with Gasteiger partial charge < -0.3 is 9.47 Å². The smallest absolute Gasteiger partial charge is 0.0541 e. The molecule has 1 aromatic heterocycles. The van der Waals surface area contributed by atoms with Crippen LogP contribution in [0.2, 0.25) is 0 Å². The lowest BCUT2D eigenvalue weighted by molar-refractivity contribution is 0.660. The molecule has 0 atom stereocenters. The molecule has 0 radical (unpaired) electrons. The Hall–Kier alpha value is -7.16. The van der Waals surface area contributed by atoms with E-state index in [2.05, 4.69) is 218 Å². The Morgan fingerprint density at radius 2 is 0.947 bits per heavy atom. The first kappa shape index (κ1) is 34.3. The molecular weight excluding hydrogens is 689 g/mol. The Morgan fingerprint density at radius 3 is 1.61 bits per heavy atom. The first-order chi connectivity index (χ1) is 27.9. The highest BCUT2D eigenvalue weighted by Crippen LogP contribution is 2.51. The van der Waals surface area contributed by atoms with E-state index in [0.29, 0.717) is 0 Å². The largest absolute Gasteiger partial charge is 0.310 e. The van der Waals surface area contributed by atoms with Gasteiger partial charge in [0, 0.05) is 38.9 Å². The minimum absolute atomic E-state index is 0.154. The van der Waals surface area contributed by atoms with Gasteiger partial charge >= 0.3 is 0 Å². The fourth-order valence-corrected chi connectivity index (χ4v) is 8.88. The van der Waals surface area contributed by atoms with Crippen LogP contribution in [-0.2, 0) is 5.41 Å². The van der Waals surface area contributed by atoms with Crippen molar-refractivity contribution in [1.29, 1.82) is 0 Å². The highest BCUT2D eigenvalue weighted by atomic mass is 15.1. The molecule has 2 heteroatoms. The van der Waals surface area contributed by atoms with Crippen LogP contribution in [0, 0.1) is 0 Å². The molecule has 0 bridgehead atoms. The van der Waals surface area contributed by atoms with Crippen molar-refractivity contribution in [3.8, 4) is 39.1 Å². The lowest BCUT2D eigenvalue weighted by Gasteiger charge is -2.28. The highest BCUT2D eigenvalue weighted by molar-refractivity contribution is 6.10. The SMILES string of the molecule is C=Cc1ccc(-c2ccc(N(c3ccc(-c4ccc5c(c4)c4ccccc4n5-c4ccccc4)cc3)c3ccc4c(c3)C(C)(C)c3cc(C=C)ccc3-4)cc2)cc1. The molecule has 8 aromatic carbocycles. The number of hydrogen-bond donors (Lipinski definition) is 0. The second kappa shape index (κ2) is 13.5. The predicted molar refractivity (Wildman–Crippen MR) is 244 cm³/mol. The molecular formula is C55H42N2. The number of rotatable bonds is 8. The molecule has 0 aliphatic heterocycles. The van der Waals surface area contributed by atoms with E-state index in [1.807, 2.05) is 12.2 Å². The van der Waals surface area contributed by atoms with E-state index in [1.165, 1.54) is 72.0 Å². The second-order valence-electron chi connectivity index (χ2n) is 15.5. The van der Waals surface area contributed by atoms with Crippen LogP contribution in [0.3, 0.4) is 0 Å². The van der Waals surface area contributed by atoms with Gasteiger partial charge in [0.2, 0.25) is 0 Å². The molecule has 0 saturated carbocycles. The zero-order valence-electron chi connectivity index (χ0n) is 32.3. The van der Waals surface area contributed by atoms with Gasteiger partial charge in [-0.3, -0.25) is 0 Å². The monoisotopic (exact) mass is 730 g/mol. The maximum absolute atomic E-state index is 4.04. The highest BCUT2D eigenvalue weighted by Gasteiger charge is 2.36. The van der Waals surface area contributed by atoms with E-state index >= 15 is 0 Å². The van der Waals surface area contributed by atoms with Gasteiger partial charge in [0.1, 0.15) is 0 Å². The summed E-state index contributed by atoms with van der Waals surface area (Å²) in [6.07, 6.45) is 3.82. The summed E-state index contributed by atoms with van der Waals surface area (Å²) in [5, 5.41) is 2.50. The fourth-order valence-electron chi connectivity index (χ4n) is 8.88. The van der Waals surface area contributed by atoms with Crippen molar-refractivity contribution in [2.45, 2.75) is 19.3 Å². The van der Waals surface area contributed by atoms with Gasteiger partial charge in [-0.25, -0.2) is 0 Å². The summed E-state index contributed by atoms with van der Waals surface area (Å²) in [5.41, 5.74) is 19.0. The lowest BCUT2D eigenvalue weighted by Crippen LogP contribution is -2.16. The van der Waals surface area contributed by atoms with Crippen molar-refractivity contribution in [1.82, 2.24) is 4.57 Å². The first-order valence-electron chi connectivity index (χ1n) is 19.7. The molecule has 1 aliphatic rings. The second-order valence-corrected chi connectivity index (χ2v) is 15.5. The van der Waals surface area contributed by atoms with E-state index in [-0.39, 0.29) is 5.41 Å². The molecule has 0 saturated heterocycles. The first-order valence-corrected chi connectivity index (χ1v) is 19.7. The van der Waals surface area contributed by atoms with E-state index in [1.54, 1.807) is 0 Å². The summed E-state index contributed by atoms with van der Waals surface area (Å²) in [6, 6.07) is 66.5. The third-order valence-corrected chi connectivity index (χ3v) is 11.9. The van der Waals surface area contributed by atoms with E-state index in [0.717, 1.165) is 28.2 Å². The van der Waals surface area contributed by atoms with Crippen LogP contribution in [0.15, 0.2) is 195 Å². The van der Waals surface area contributed by atoms with Crippen LogP contribution in [0.25, 0.3) is 73.0 Å². The fraction of sp³-hybridized carbons (Fsp3) is 0.0545. The van der Waals surface area contributed by atoms with Crippen LogP contribution in [0.1, 0.15) is 36.1 Å². The third-order valence-electron chi connectivity index (χ3n) is 11.9. The average molecular weight is 731 g/mol. The van der Waals surface area contributed by atoms with Crippen LogP contribution < -0.4 is 4.90 Å². The Morgan fingerprint density at radius 1 is 0.439 bits per heavy atom. The number of hydrogen-bond acceptors (Lipinski definition) is 1. The topological polar surface area (TPSA) is 8.17 Å². The predicted octanol–water partition coefficient (Wildman–Crippen LogP) is 15.2. The minimum atomic E-state index is -0.154. The minimum Gasteiger partial charge on any atom is -0.310 e. The molecule has 10 rings (SSSR count). The number of para-hydroxylation sites is 2. The van der Waals surface area contributed by atoms with Gasteiger partial charge in [-0.2, -0.15) is 0 Å². The van der Waals surface area contributed by atoms with Gasteiger partial charge in [-0.05, 0) is 122 Å². The number of aromatic nitrogens is 1. The summed E-state index contributed by atoms with van der Waals surface area (Å²) < 4.78 is 2.37. The maximum Gasteiger partial charge on any atom is 0.0541 e. The van der Waals surface area contributed by atoms with Gasteiger partial charge in [0.25, 0.3) is 0 Å². The van der Waals surface area contributed by atoms with Gasteiger partial charge in [0.05, 0.1) is 11.0 Å². The van der Waals surface area contributed by atoms with Crippen LogP contribution >= 0.6 is 0 Å².